The molecule has 0 aromatic carbocycles. The van der Waals surface area contributed by atoms with Gasteiger partial charge in [-0.2, -0.15) is 0 Å². The van der Waals surface area contributed by atoms with Crippen molar-refractivity contribution in [3.8, 4) is 0 Å². The smallest absolute Gasteiger partial charge is 0.303 e. The fraction of sp³-hybridized carbons (Fsp3) is 0.538. The second-order valence-electron chi connectivity index (χ2n) is 4.91. The Kier molecular flexibility index (Phi) is 4.89. The first kappa shape index (κ1) is 14.7. The van der Waals surface area contributed by atoms with Gasteiger partial charge in [0, 0.05) is 19.5 Å². The summed E-state index contributed by atoms with van der Waals surface area (Å²) >= 11 is 5.64. The third-order valence-electron chi connectivity index (χ3n) is 3.52. The second-order valence-corrected chi connectivity index (χ2v) is 5.30. The molecule has 1 aliphatic heterocycles. The quantitative estimate of drug-likeness (QED) is 0.917. The lowest BCUT2D eigenvalue weighted by atomic mass is 9.92. The Morgan fingerprint density at radius 3 is 2.55 bits per heavy atom. The van der Waals surface area contributed by atoms with Crippen LogP contribution < -0.4 is 0 Å². The fourth-order valence-electron chi connectivity index (χ4n) is 2.34. The number of nitrogens with zero attached hydrogens (tertiary/aromatic N) is 3. The lowest BCUT2D eigenvalue weighted by Crippen LogP contribution is -2.39. The number of aliphatic carboxylic acids is 1. The molecule has 0 bridgehead atoms. The molecule has 1 amide bonds. The molecular formula is C13H16ClN3O3. The van der Waals surface area contributed by atoms with E-state index in [9.17, 15) is 9.59 Å². The molecule has 0 aliphatic carbocycles. The van der Waals surface area contributed by atoms with Crippen molar-refractivity contribution in [3.05, 3.63) is 23.0 Å². The van der Waals surface area contributed by atoms with E-state index < -0.39 is 5.97 Å². The van der Waals surface area contributed by atoms with E-state index >= 15 is 0 Å². The number of carboxylic acids is 1. The van der Waals surface area contributed by atoms with Crippen LogP contribution in [-0.2, 0) is 4.79 Å². The summed E-state index contributed by atoms with van der Waals surface area (Å²) in [5.41, 5.74) is 0.290. The van der Waals surface area contributed by atoms with E-state index in [1.54, 1.807) is 17.0 Å². The van der Waals surface area contributed by atoms with E-state index in [0.717, 1.165) is 12.8 Å². The Hall–Kier alpha value is -1.69. The second kappa shape index (κ2) is 6.65. The summed E-state index contributed by atoms with van der Waals surface area (Å²) in [4.78, 5) is 24.4. The first-order valence-electron chi connectivity index (χ1n) is 6.56. The highest BCUT2D eigenvalue weighted by atomic mass is 35.5. The van der Waals surface area contributed by atoms with Crippen molar-refractivity contribution in [1.29, 1.82) is 0 Å². The van der Waals surface area contributed by atoms with Crippen molar-refractivity contribution in [2.45, 2.75) is 25.7 Å². The van der Waals surface area contributed by atoms with Crippen LogP contribution >= 0.6 is 11.6 Å². The molecule has 108 valence electrons. The van der Waals surface area contributed by atoms with Crippen LogP contribution in [0.1, 0.15) is 36.2 Å². The van der Waals surface area contributed by atoms with Gasteiger partial charge in [-0.25, -0.2) is 0 Å². The number of carboxylic acid groups (broad SMARTS) is 1. The van der Waals surface area contributed by atoms with Gasteiger partial charge in [0.15, 0.2) is 10.8 Å². The fourth-order valence-corrected chi connectivity index (χ4v) is 2.45. The predicted octanol–water partition coefficient (Wildman–Crippen LogP) is 1.85. The lowest BCUT2D eigenvalue weighted by molar-refractivity contribution is -0.137. The monoisotopic (exact) mass is 297 g/mol. The highest BCUT2D eigenvalue weighted by molar-refractivity contribution is 6.29. The minimum absolute atomic E-state index is 0.147. The van der Waals surface area contributed by atoms with Gasteiger partial charge >= 0.3 is 5.97 Å². The number of hydrogen-bond donors (Lipinski definition) is 1. The average Bonchev–Trinajstić information content (AvgIpc) is 2.46. The Balaban J connectivity index is 1.85. The van der Waals surface area contributed by atoms with E-state index in [2.05, 4.69) is 10.2 Å². The van der Waals surface area contributed by atoms with Gasteiger partial charge in [0.05, 0.1) is 0 Å². The van der Waals surface area contributed by atoms with Gasteiger partial charge in [0.25, 0.3) is 5.91 Å². The maximum absolute atomic E-state index is 12.2. The number of piperidine rings is 1. The molecule has 1 aromatic heterocycles. The van der Waals surface area contributed by atoms with E-state index in [-0.39, 0.29) is 17.5 Å². The van der Waals surface area contributed by atoms with E-state index in [0.29, 0.717) is 31.1 Å². The normalized spacial score (nSPS) is 16.1. The zero-order chi connectivity index (χ0) is 14.5. The van der Waals surface area contributed by atoms with Crippen LogP contribution in [0.5, 0.6) is 0 Å². The summed E-state index contributed by atoms with van der Waals surface area (Å²) in [5, 5.41) is 16.4. The standard InChI is InChI=1S/C13H16ClN3O3/c14-11-3-2-10(15-16-11)13(20)17-7-5-9(6-8-17)1-4-12(18)19/h2-3,9H,1,4-8H2,(H,18,19). The van der Waals surface area contributed by atoms with Crippen LogP contribution in [0.3, 0.4) is 0 Å². The first-order valence-corrected chi connectivity index (χ1v) is 6.94. The van der Waals surface area contributed by atoms with Gasteiger partial charge < -0.3 is 10.0 Å². The van der Waals surface area contributed by atoms with Crippen LogP contribution in [0.15, 0.2) is 12.1 Å². The summed E-state index contributed by atoms with van der Waals surface area (Å²) in [6.07, 6.45) is 2.54. The molecule has 0 atom stereocenters. The van der Waals surface area contributed by atoms with Crippen LogP contribution in [0, 0.1) is 5.92 Å². The van der Waals surface area contributed by atoms with Crippen molar-refractivity contribution in [2.24, 2.45) is 5.92 Å². The number of carbonyl (C=O) groups excluding carboxylic acids is 1. The Morgan fingerprint density at radius 1 is 1.30 bits per heavy atom. The predicted molar refractivity (Wildman–Crippen MR) is 72.5 cm³/mol. The van der Waals surface area contributed by atoms with Crippen LogP contribution in [-0.4, -0.2) is 45.2 Å². The lowest BCUT2D eigenvalue weighted by Gasteiger charge is -2.31. The van der Waals surface area contributed by atoms with Gasteiger partial charge in [-0.3, -0.25) is 9.59 Å². The van der Waals surface area contributed by atoms with Crippen LogP contribution in [0.4, 0.5) is 0 Å². The average molecular weight is 298 g/mol. The molecule has 0 saturated carbocycles. The molecular weight excluding hydrogens is 282 g/mol. The molecule has 1 saturated heterocycles. The molecule has 0 unspecified atom stereocenters. The Bertz CT molecular complexity index is 484. The van der Waals surface area contributed by atoms with Gasteiger partial charge in [0.2, 0.25) is 0 Å². The maximum Gasteiger partial charge on any atom is 0.303 e. The van der Waals surface area contributed by atoms with E-state index in [4.69, 9.17) is 16.7 Å². The molecule has 2 heterocycles. The molecule has 1 aliphatic rings. The van der Waals surface area contributed by atoms with Gasteiger partial charge in [-0.15, -0.1) is 10.2 Å². The number of likely N-dealkylation sites (tertiary alicyclic amines) is 1. The Labute approximate surface area is 121 Å². The highest BCUT2D eigenvalue weighted by Gasteiger charge is 2.24. The summed E-state index contributed by atoms with van der Waals surface area (Å²) in [5.74, 6) is -0.530. The summed E-state index contributed by atoms with van der Waals surface area (Å²) in [6.45, 7) is 1.26. The zero-order valence-electron chi connectivity index (χ0n) is 11.0. The molecule has 2 rings (SSSR count). The third-order valence-corrected chi connectivity index (χ3v) is 3.72. The number of rotatable bonds is 4. The topological polar surface area (TPSA) is 83.4 Å². The number of halogens is 1. The van der Waals surface area contributed by atoms with Crippen LogP contribution in [0.25, 0.3) is 0 Å². The largest absolute Gasteiger partial charge is 0.481 e. The highest BCUT2D eigenvalue weighted by Crippen LogP contribution is 2.22. The van der Waals surface area contributed by atoms with Crippen LogP contribution in [0.2, 0.25) is 5.15 Å². The summed E-state index contributed by atoms with van der Waals surface area (Å²) < 4.78 is 0. The molecule has 0 radical (unpaired) electrons. The van der Waals surface area contributed by atoms with E-state index in [1.165, 1.54) is 0 Å². The molecule has 6 nitrogen and oxygen atoms in total. The van der Waals surface area contributed by atoms with Crippen molar-refractivity contribution in [2.75, 3.05) is 13.1 Å². The first-order chi connectivity index (χ1) is 9.56. The zero-order valence-corrected chi connectivity index (χ0v) is 11.7. The summed E-state index contributed by atoms with van der Waals surface area (Å²) in [6, 6.07) is 3.11. The minimum atomic E-state index is -0.764. The van der Waals surface area contributed by atoms with Crippen molar-refractivity contribution in [3.63, 3.8) is 0 Å². The maximum atomic E-state index is 12.2. The molecule has 1 aromatic rings. The molecule has 1 N–H and O–H groups in total. The number of amides is 1. The third kappa shape index (κ3) is 3.90. The summed E-state index contributed by atoms with van der Waals surface area (Å²) in [7, 11) is 0. The molecule has 0 spiro atoms. The minimum Gasteiger partial charge on any atom is -0.481 e. The molecule has 20 heavy (non-hydrogen) atoms. The van der Waals surface area contributed by atoms with Crippen molar-refractivity contribution >= 4 is 23.5 Å². The van der Waals surface area contributed by atoms with Gasteiger partial charge in [-0.05, 0) is 37.3 Å². The van der Waals surface area contributed by atoms with Crippen molar-refractivity contribution in [1.82, 2.24) is 15.1 Å². The van der Waals surface area contributed by atoms with Gasteiger partial charge in [0.1, 0.15) is 0 Å². The van der Waals surface area contributed by atoms with Crippen molar-refractivity contribution < 1.29 is 14.7 Å². The SMILES string of the molecule is O=C(O)CCC1CCN(C(=O)c2ccc(Cl)nn2)CC1. The van der Waals surface area contributed by atoms with Gasteiger partial charge in [-0.1, -0.05) is 11.6 Å². The Morgan fingerprint density at radius 2 is 2.00 bits per heavy atom. The van der Waals surface area contributed by atoms with E-state index in [1.807, 2.05) is 0 Å². The molecule has 1 fully saturated rings. The molecule has 7 heteroatoms. The number of aromatic nitrogens is 2. The number of hydrogen-bond acceptors (Lipinski definition) is 4. The number of carbonyl (C=O) groups is 2.